The van der Waals surface area contributed by atoms with E-state index in [0.717, 1.165) is 22.7 Å². The molecule has 0 aliphatic heterocycles. The van der Waals surface area contributed by atoms with Crippen molar-refractivity contribution < 1.29 is 9.53 Å². The van der Waals surface area contributed by atoms with Crippen molar-refractivity contribution in [3.63, 3.8) is 0 Å². The summed E-state index contributed by atoms with van der Waals surface area (Å²) in [4.78, 5) is 14.2. The normalized spacial score (nSPS) is 11.8. The highest BCUT2D eigenvalue weighted by Crippen LogP contribution is 2.26. The molecule has 2 N–H and O–H groups in total. The van der Waals surface area contributed by atoms with Crippen LogP contribution in [0.1, 0.15) is 32.3 Å². The van der Waals surface area contributed by atoms with Gasteiger partial charge in [0.25, 0.3) is 0 Å². The molecule has 0 saturated heterocycles. The quantitative estimate of drug-likeness (QED) is 0.765. The van der Waals surface area contributed by atoms with Crippen molar-refractivity contribution in [1.82, 2.24) is 5.32 Å². The van der Waals surface area contributed by atoms with Gasteiger partial charge in [-0.3, -0.25) is 0 Å². The molecule has 1 unspecified atom stereocenters. The van der Waals surface area contributed by atoms with Gasteiger partial charge in [-0.15, -0.1) is 0 Å². The van der Waals surface area contributed by atoms with Gasteiger partial charge in [-0.2, -0.15) is 0 Å². The molecule has 0 aliphatic rings. The Morgan fingerprint density at radius 3 is 2.44 bits per heavy atom. The first kappa shape index (κ1) is 18.6. The van der Waals surface area contributed by atoms with Gasteiger partial charge in [-0.1, -0.05) is 38.1 Å². The van der Waals surface area contributed by atoms with E-state index in [1.54, 1.807) is 0 Å². The molecule has 5 heteroatoms. The first-order valence-corrected chi connectivity index (χ1v) is 8.47. The Balaban J connectivity index is 1.96. The molecule has 0 radical (unpaired) electrons. The summed E-state index contributed by atoms with van der Waals surface area (Å²) in [6, 6.07) is 15.2. The number of ether oxygens (including phenoxy) is 1. The molecule has 2 amide bonds. The van der Waals surface area contributed by atoms with Gasteiger partial charge in [0.15, 0.2) is 6.23 Å². The van der Waals surface area contributed by atoms with Crippen molar-refractivity contribution >= 4 is 17.4 Å². The lowest BCUT2D eigenvalue weighted by Crippen LogP contribution is -2.39. The molecule has 134 valence electrons. The summed E-state index contributed by atoms with van der Waals surface area (Å²) >= 11 is 0. The zero-order chi connectivity index (χ0) is 18.4. The van der Waals surface area contributed by atoms with Crippen LogP contribution in [-0.4, -0.2) is 26.4 Å². The fourth-order valence-electron chi connectivity index (χ4n) is 2.50. The zero-order valence-electron chi connectivity index (χ0n) is 15.5. The van der Waals surface area contributed by atoms with E-state index >= 15 is 0 Å². The Morgan fingerprint density at radius 2 is 1.76 bits per heavy atom. The highest BCUT2D eigenvalue weighted by molar-refractivity contribution is 5.89. The van der Waals surface area contributed by atoms with Gasteiger partial charge in [0.2, 0.25) is 0 Å². The number of anilines is 2. The van der Waals surface area contributed by atoms with E-state index in [-0.39, 0.29) is 6.03 Å². The first-order valence-electron chi connectivity index (χ1n) is 8.47. The summed E-state index contributed by atoms with van der Waals surface area (Å²) in [6.07, 6.45) is -0.447. The second kappa shape index (κ2) is 8.42. The topological polar surface area (TPSA) is 53.6 Å². The van der Waals surface area contributed by atoms with Crippen LogP contribution in [0.15, 0.2) is 48.5 Å². The van der Waals surface area contributed by atoms with Crippen LogP contribution in [0.3, 0.4) is 0 Å². The van der Waals surface area contributed by atoms with E-state index in [2.05, 4.69) is 24.5 Å². The SMILES string of the molecule is CC(NC(=O)Nc1cccc(N(C)C)c1)Oc1ccccc1C(C)C. The van der Waals surface area contributed by atoms with Crippen LogP contribution in [0.25, 0.3) is 0 Å². The van der Waals surface area contributed by atoms with Crippen LogP contribution in [0, 0.1) is 0 Å². The Hall–Kier alpha value is -2.69. The van der Waals surface area contributed by atoms with Gasteiger partial charge in [0.1, 0.15) is 5.75 Å². The number of hydrogen-bond acceptors (Lipinski definition) is 3. The van der Waals surface area contributed by atoms with Crippen molar-refractivity contribution in [2.75, 3.05) is 24.3 Å². The number of amides is 2. The zero-order valence-corrected chi connectivity index (χ0v) is 15.5. The second-order valence-corrected chi connectivity index (χ2v) is 6.50. The molecule has 2 rings (SSSR count). The molecule has 0 spiro atoms. The molecule has 0 aromatic heterocycles. The molecule has 0 fully saturated rings. The maximum absolute atomic E-state index is 12.2. The molecule has 0 heterocycles. The molecule has 2 aromatic carbocycles. The number of hydrogen-bond donors (Lipinski definition) is 2. The molecule has 25 heavy (non-hydrogen) atoms. The molecule has 0 aliphatic carbocycles. The number of para-hydroxylation sites is 1. The number of nitrogens with one attached hydrogen (secondary N) is 2. The van der Waals surface area contributed by atoms with E-state index in [9.17, 15) is 4.79 Å². The fourth-order valence-corrected chi connectivity index (χ4v) is 2.50. The number of carbonyl (C=O) groups is 1. The molecule has 2 aromatic rings. The summed E-state index contributed by atoms with van der Waals surface area (Å²) < 4.78 is 5.90. The highest BCUT2D eigenvalue weighted by Gasteiger charge is 2.13. The lowest BCUT2D eigenvalue weighted by Gasteiger charge is -2.20. The second-order valence-electron chi connectivity index (χ2n) is 6.50. The van der Waals surface area contributed by atoms with Gasteiger partial charge in [0, 0.05) is 25.5 Å². The van der Waals surface area contributed by atoms with Crippen LogP contribution in [-0.2, 0) is 0 Å². The summed E-state index contributed by atoms with van der Waals surface area (Å²) in [6.45, 7) is 6.04. The Labute approximate surface area is 150 Å². The Bertz CT molecular complexity index is 714. The summed E-state index contributed by atoms with van der Waals surface area (Å²) in [5, 5.41) is 5.64. The monoisotopic (exact) mass is 341 g/mol. The van der Waals surface area contributed by atoms with Crippen LogP contribution in [0.4, 0.5) is 16.2 Å². The largest absolute Gasteiger partial charge is 0.471 e. The molecular weight excluding hydrogens is 314 g/mol. The Kier molecular flexibility index (Phi) is 6.28. The van der Waals surface area contributed by atoms with E-state index < -0.39 is 6.23 Å². The minimum absolute atomic E-state index is 0.301. The average Bonchev–Trinajstić information content (AvgIpc) is 2.55. The minimum atomic E-state index is -0.447. The minimum Gasteiger partial charge on any atom is -0.471 e. The molecule has 0 saturated carbocycles. The summed E-state index contributed by atoms with van der Waals surface area (Å²) in [7, 11) is 3.92. The maximum Gasteiger partial charge on any atom is 0.322 e. The molecule has 5 nitrogen and oxygen atoms in total. The predicted molar refractivity (Wildman–Crippen MR) is 104 cm³/mol. The van der Waals surface area contributed by atoms with Gasteiger partial charge >= 0.3 is 6.03 Å². The first-order chi connectivity index (χ1) is 11.9. The van der Waals surface area contributed by atoms with E-state index in [4.69, 9.17) is 4.74 Å². The van der Waals surface area contributed by atoms with Gasteiger partial charge in [-0.05, 0) is 42.7 Å². The number of urea groups is 1. The number of nitrogens with zero attached hydrogens (tertiary/aromatic N) is 1. The third-order valence-electron chi connectivity index (χ3n) is 3.80. The molecule has 1 atom stereocenters. The van der Waals surface area contributed by atoms with Crippen molar-refractivity contribution in [3.05, 3.63) is 54.1 Å². The van der Waals surface area contributed by atoms with Crippen molar-refractivity contribution in [2.24, 2.45) is 0 Å². The standard InChI is InChI=1S/C20H27N3O2/c1-14(2)18-11-6-7-12-19(18)25-15(3)21-20(24)22-16-9-8-10-17(13-16)23(4)5/h6-15H,1-5H3,(H2,21,22,24). The molecule has 0 bridgehead atoms. The summed E-state index contributed by atoms with van der Waals surface area (Å²) in [5.74, 6) is 1.14. The van der Waals surface area contributed by atoms with E-state index in [0.29, 0.717) is 5.92 Å². The van der Waals surface area contributed by atoms with E-state index in [1.165, 1.54) is 0 Å². The average molecular weight is 341 g/mol. The Morgan fingerprint density at radius 1 is 1.04 bits per heavy atom. The smallest absolute Gasteiger partial charge is 0.322 e. The van der Waals surface area contributed by atoms with Gasteiger partial charge in [-0.25, -0.2) is 4.79 Å². The molecular formula is C20H27N3O2. The van der Waals surface area contributed by atoms with Crippen molar-refractivity contribution in [1.29, 1.82) is 0 Å². The lowest BCUT2D eigenvalue weighted by atomic mass is 10.0. The van der Waals surface area contributed by atoms with Crippen molar-refractivity contribution in [2.45, 2.75) is 32.9 Å². The lowest BCUT2D eigenvalue weighted by molar-refractivity contribution is 0.181. The van der Waals surface area contributed by atoms with Gasteiger partial charge in [0.05, 0.1) is 0 Å². The van der Waals surface area contributed by atoms with E-state index in [1.807, 2.05) is 74.4 Å². The number of benzene rings is 2. The number of carbonyl (C=O) groups excluding carboxylic acids is 1. The predicted octanol–water partition coefficient (Wildman–Crippen LogP) is 4.42. The maximum atomic E-state index is 12.2. The van der Waals surface area contributed by atoms with Gasteiger partial charge < -0.3 is 20.3 Å². The fraction of sp³-hybridized carbons (Fsp3) is 0.350. The third-order valence-corrected chi connectivity index (χ3v) is 3.80. The van der Waals surface area contributed by atoms with Crippen LogP contribution < -0.4 is 20.3 Å². The number of rotatable bonds is 6. The van der Waals surface area contributed by atoms with Crippen LogP contribution >= 0.6 is 0 Å². The third kappa shape index (κ3) is 5.41. The van der Waals surface area contributed by atoms with Crippen LogP contribution in [0.5, 0.6) is 5.75 Å². The van der Waals surface area contributed by atoms with Crippen LogP contribution in [0.2, 0.25) is 0 Å². The summed E-state index contributed by atoms with van der Waals surface area (Å²) in [5.41, 5.74) is 2.88. The van der Waals surface area contributed by atoms with Crippen molar-refractivity contribution in [3.8, 4) is 5.75 Å². The highest BCUT2D eigenvalue weighted by atomic mass is 16.5.